The molecule has 0 radical (unpaired) electrons. The molecule has 0 bridgehead atoms. The fraction of sp³-hybridized carbons (Fsp3) is 0.527. The fourth-order valence-corrected chi connectivity index (χ4v) is 17.2. The highest BCUT2D eigenvalue weighted by Gasteiger charge is 2.44. The van der Waals surface area contributed by atoms with Gasteiger partial charge >= 0.3 is 0 Å². The number of hydrogen-bond donors (Lipinski definition) is 18. The first-order valence-electron chi connectivity index (χ1n) is 44.5. The number of carbonyl (C=O) groups is 17. The number of likely N-dealkylation sites (N-methyl/N-ethyl adjacent to an activating group) is 4. The first-order valence-corrected chi connectivity index (χ1v) is 46.1. The summed E-state index contributed by atoms with van der Waals surface area (Å²) in [4.78, 5) is 268. The van der Waals surface area contributed by atoms with E-state index in [0.717, 1.165) is 36.3 Å². The lowest BCUT2D eigenvalue weighted by atomic mass is 9.92. The predicted molar refractivity (Wildman–Crippen MR) is 503 cm³/mol. The van der Waals surface area contributed by atoms with Crippen LogP contribution in [-0.2, 0) is 107 Å². The van der Waals surface area contributed by atoms with Crippen molar-refractivity contribution in [1.29, 1.82) is 5.41 Å². The molecule has 3 aromatic heterocycles. The van der Waals surface area contributed by atoms with Crippen LogP contribution in [0.3, 0.4) is 0 Å². The summed E-state index contributed by atoms with van der Waals surface area (Å²) in [5.74, 6) is -18.2. The van der Waals surface area contributed by atoms with E-state index in [0.29, 0.717) is 69.9 Å². The molecule has 16 amide bonds. The molecule has 43 heteroatoms. The molecule has 730 valence electrons. The minimum absolute atomic E-state index is 0. The smallest absolute Gasteiger partial charge is 0.246 e. The van der Waals surface area contributed by atoms with Crippen LogP contribution in [0, 0.1) is 17.2 Å². The number of aliphatic hydroxyl groups excluding tert-OH is 1. The van der Waals surface area contributed by atoms with Crippen molar-refractivity contribution >= 4 is 151 Å². The summed E-state index contributed by atoms with van der Waals surface area (Å²) in [5.41, 5.74) is 20.0. The zero-order chi connectivity index (χ0) is 97.4. The van der Waals surface area contributed by atoms with E-state index in [2.05, 4.69) is 73.1 Å². The number of aromatic nitrogens is 4. The molecule has 0 spiro atoms. The Morgan fingerprint density at radius 2 is 1.17 bits per heavy atom. The van der Waals surface area contributed by atoms with Crippen molar-refractivity contribution in [1.82, 2.24) is 97.6 Å². The van der Waals surface area contributed by atoms with E-state index in [1.54, 1.807) is 93.0 Å². The number of guanidine groups is 1. The normalized spacial score (nSPS) is 23.3. The van der Waals surface area contributed by atoms with E-state index in [4.69, 9.17) is 34.2 Å². The van der Waals surface area contributed by atoms with Crippen LogP contribution in [0.25, 0.3) is 21.8 Å². The number of hydrogen-bond acceptors (Lipinski definition) is 21. The Balaban J connectivity index is 0.0000245. The molecule has 6 aromatic rings. The van der Waals surface area contributed by atoms with Crippen molar-refractivity contribution in [3.8, 4) is 0 Å². The monoisotopic (exact) mass is 1900 g/mol. The first-order chi connectivity index (χ1) is 63.3. The van der Waals surface area contributed by atoms with Crippen LogP contribution in [0.2, 0.25) is 5.02 Å². The molecular formula is C91H130ClN23O18S. The Hall–Kier alpha value is -13.0. The van der Waals surface area contributed by atoms with Gasteiger partial charge in [0.15, 0.2) is 11.7 Å². The van der Waals surface area contributed by atoms with E-state index in [-0.39, 0.29) is 102 Å². The van der Waals surface area contributed by atoms with Crippen molar-refractivity contribution < 1.29 is 86.6 Å². The Bertz CT molecular complexity index is 5130. The summed E-state index contributed by atoms with van der Waals surface area (Å²) in [6, 6.07) is 2.38. The second-order valence-corrected chi connectivity index (χ2v) is 35.6. The number of nitrogens with one attached hydrogen (secondary N) is 14. The van der Waals surface area contributed by atoms with Crippen LogP contribution in [-0.4, -0.2) is 301 Å². The van der Waals surface area contributed by atoms with E-state index < -0.39 is 229 Å². The van der Waals surface area contributed by atoms with E-state index >= 15 is 24.0 Å². The Morgan fingerprint density at radius 3 is 1.78 bits per heavy atom. The van der Waals surface area contributed by atoms with Gasteiger partial charge in [0, 0.05) is 130 Å². The summed E-state index contributed by atoms with van der Waals surface area (Å²) in [7, 11) is 5.27. The number of carbonyl (C=O) groups excluding carboxylic acids is 17. The summed E-state index contributed by atoms with van der Waals surface area (Å²) in [5, 5.41) is 47.1. The van der Waals surface area contributed by atoms with Gasteiger partial charge in [-0.3, -0.25) is 86.9 Å². The zero-order valence-electron chi connectivity index (χ0n) is 76.4. The minimum Gasteiger partial charge on any atom is -0.394 e. The van der Waals surface area contributed by atoms with Crippen LogP contribution < -0.4 is 70.4 Å². The van der Waals surface area contributed by atoms with Crippen LogP contribution in [0.1, 0.15) is 148 Å². The molecule has 134 heavy (non-hydrogen) atoms. The van der Waals surface area contributed by atoms with Crippen molar-refractivity contribution in [3.05, 3.63) is 125 Å². The molecule has 2 aliphatic rings. The predicted octanol–water partition coefficient (Wildman–Crippen LogP) is 0.242. The number of primary amides is 2. The fourth-order valence-electron chi connectivity index (χ4n) is 16.1. The van der Waals surface area contributed by atoms with Crippen LogP contribution in [0.5, 0.6) is 0 Å². The van der Waals surface area contributed by atoms with Crippen molar-refractivity contribution in [3.63, 3.8) is 0 Å². The average Bonchev–Trinajstić information content (AvgIpc) is 1.52. The number of rotatable bonds is 26. The maximum atomic E-state index is 15.7. The van der Waals surface area contributed by atoms with Crippen LogP contribution >= 0.6 is 23.4 Å². The highest BCUT2D eigenvalue weighted by atomic mass is 35.5. The Kier molecular flexibility index (Phi) is 42.3. The lowest BCUT2D eigenvalue weighted by Crippen LogP contribution is -2.61. The highest BCUT2D eigenvalue weighted by Crippen LogP contribution is 2.28. The van der Waals surface area contributed by atoms with E-state index in [1.165, 1.54) is 53.7 Å². The van der Waals surface area contributed by atoms with Crippen molar-refractivity contribution in [2.45, 2.75) is 224 Å². The van der Waals surface area contributed by atoms with Crippen LogP contribution in [0.15, 0.2) is 97.7 Å². The highest BCUT2D eigenvalue weighted by molar-refractivity contribution is 8.00. The van der Waals surface area contributed by atoms with E-state index in [9.17, 15) is 62.6 Å². The summed E-state index contributed by atoms with van der Waals surface area (Å²) >= 11 is 7.19. The van der Waals surface area contributed by atoms with Gasteiger partial charge in [-0.1, -0.05) is 121 Å². The number of aromatic amines is 3. The van der Waals surface area contributed by atoms with Gasteiger partial charge in [-0.2, -0.15) is 0 Å². The van der Waals surface area contributed by atoms with Crippen molar-refractivity contribution in [2.75, 3.05) is 72.5 Å². The molecule has 8 rings (SSSR count). The summed E-state index contributed by atoms with van der Waals surface area (Å²) in [6.07, 6.45) is 5.51. The molecular weight excluding hydrogens is 1770 g/mol. The number of halogens is 1. The standard InChI is InChI=1S/C90H126ClN23O18S.CH4/c1-10-12-28-71-83(126)103-63(27-19-31-97-90(94)95)80(123)109-70(79(122)100-44-75(93)118)47-133-48-76(119)102-66(35-52-21-18-22-56(91)34-52)86(129)111(7)51(5)77(120)105-68(40-74(92)117)88(131)114-32-20-30-72(114)84(127)104-64(39-57-43-96-49-101-57)81(124)106-65(33-50(3)4)85(128)110(6)45-58(116)37-53(36-54-41-98-61-25-16-14-23-59(54)61)78(121)108-69(46-115)82(125)107-67(38-55-42-99-62-26-17-15-24-60(55)62)87(130)113(9)73(29-13-11-2)89(132)112(71)8;/h14-18,21-26,34,41-43,49-51,53,63-73,98-99,115H,10-13,19-20,27-33,35-40,44-48H2,1-9H3,(H2,92,117)(H2,93,118)(H,96,101)(H,100,122)(H,102,119)(H,103,126)(H,104,127)(H,105,120)(H,106,124)(H,107,125)(H,108,121)(H,109,123)(H4,94,95,97);1H4/t51-,53+,63-,64-,65-,66-,67-,68-,69-,70-,71-,72-,73-;/m0./s1. The summed E-state index contributed by atoms with van der Waals surface area (Å²) in [6.45, 7) is 6.05. The second-order valence-electron chi connectivity index (χ2n) is 34.1. The zero-order valence-corrected chi connectivity index (χ0v) is 78.0. The third kappa shape index (κ3) is 31.3. The molecule has 2 aliphatic heterocycles. The molecule has 0 unspecified atom stereocenters. The quantitative estimate of drug-likeness (QED) is 0.0196. The topological polar surface area (TPSA) is 609 Å². The number of ketones is 1. The van der Waals surface area contributed by atoms with Crippen LogP contribution in [0.4, 0.5) is 0 Å². The number of unbranched alkanes of at least 4 members (excludes halogenated alkanes) is 2. The minimum atomic E-state index is -1.81. The number of imidazole rings is 1. The Labute approximate surface area is 787 Å². The van der Waals surface area contributed by atoms with Gasteiger partial charge in [-0.25, -0.2) is 4.98 Å². The first kappa shape index (κ1) is 108. The third-order valence-corrected chi connectivity index (χ3v) is 24.7. The third-order valence-electron chi connectivity index (χ3n) is 23.5. The molecule has 0 saturated carbocycles. The number of benzene rings is 3. The Morgan fingerprint density at radius 1 is 0.590 bits per heavy atom. The van der Waals surface area contributed by atoms with Gasteiger partial charge in [0.2, 0.25) is 94.5 Å². The molecule has 5 heterocycles. The number of amides is 16. The average molecular weight is 1900 g/mol. The number of Topliss-reactive ketones (excluding diaryl/α,β-unsaturated/α-hetero) is 1. The lowest BCUT2D eigenvalue weighted by Gasteiger charge is -2.36. The molecule has 0 aliphatic carbocycles. The molecule has 21 N–H and O–H groups in total. The maximum absolute atomic E-state index is 15.7. The van der Waals surface area contributed by atoms with Gasteiger partial charge in [0.05, 0.1) is 38.2 Å². The number of thioether (sulfide) groups is 1. The number of nitrogens with zero attached hydrogens (tertiary/aromatic N) is 6. The molecule has 2 saturated heterocycles. The maximum Gasteiger partial charge on any atom is 0.246 e. The molecule has 13 atom stereocenters. The van der Waals surface area contributed by atoms with Gasteiger partial charge in [-0.05, 0) is 105 Å². The molecule has 3 aromatic carbocycles. The number of nitrogens with two attached hydrogens (primary N) is 3. The summed E-state index contributed by atoms with van der Waals surface area (Å²) < 4.78 is 0. The number of H-pyrrole nitrogens is 3. The van der Waals surface area contributed by atoms with Gasteiger partial charge in [0.25, 0.3) is 0 Å². The number of para-hydroxylation sites is 2. The SMILES string of the molecule is C.CCCC[C@H]1C(=O)N(C)[C@@H](CCCC)C(=O)N[C@@H](CCCNC(=N)N)C(=O)N[C@H](C(=O)NCC(N)=O)CSCC(=O)N[C@@H](Cc2cccc(Cl)c2)C(=O)N(C)[C@@H](C)C(=O)N[C@@H](CC(N)=O)C(=O)N2CCC[C@H]2C(=O)N[C@@H](Cc2cnc[nH]2)C(=O)N[C@@H](CC(C)C)C(=O)N(C)CC(=O)C[C@@H](Cc2c[nH]c3ccccc23)C(=O)N[C@@H](CO)C(=O)N[C@@H](Cc2c[nH]c3ccccc23)C(=O)N1C. The largest absolute Gasteiger partial charge is 0.394 e. The lowest BCUT2D eigenvalue weighted by molar-refractivity contribution is -0.149. The number of aliphatic hydroxyl groups is 1. The molecule has 2 fully saturated rings. The van der Waals surface area contributed by atoms with Gasteiger partial charge in [0.1, 0.15) is 72.5 Å². The molecule has 41 nitrogen and oxygen atoms in total. The van der Waals surface area contributed by atoms with E-state index in [1.807, 2.05) is 13.8 Å². The van der Waals surface area contributed by atoms with Crippen molar-refractivity contribution in [2.24, 2.45) is 29.0 Å². The van der Waals surface area contributed by atoms with Gasteiger partial charge < -0.3 is 115 Å². The number of fused-ring (bicyclic) bond motifs is 3. The van der Waals surface area contributed by atoms with Gasteiger partial charge in [-0.15, -0.1) is 11.8 Å². The second kappa shape index (κ2) is 52.5.